The van der Waals surface area contributed by atoms with Crippen molar-refractivity contribution in [3.05, 3.63) is 75.0 Å². The molecule has 0 bridgehead atoms. The predicted octanol–water partition coefficient (Wildman–Crippen LogP) is 8.47. The number of halogens is 8. The minimum absolute atomic E-state index is 0.0267. The van der Waals surface area contributed by atoms with Gasteiger partial charge in [0.15, 0.2) is 5.65 Å². The lowest BCUT2D eigenvalue weighted by atomic mass is 9.81. The number of hydrogen-bond donors (Lipinski definition) is 1. The maximum atomic E-state index is 14.0. The molecule has 0 spiro atoms. The third kappa shape index (κ3) is 5.24. The quantitative estimate of drug-likeness (QED) is 0.233. The Morgan fingerprint density at radius 1 is 0.975 bits per heavy atom. The molecule has 2 aromatic carbocycles. The summed E-state index contributed by atoms with van der Waals surface area (Å²) in [4.78, 5) is 19.8. The fourth-order valence-electron chi connectivity index (χ4n) is 4.54. The van der Waals surface area contributed by atoms with Gasteiger partial charge in [0.1, 0.15) is 0 Å². The molecule has 2 heterocycles. The zero-order chi connectivity index (χ0) is 29.8. The molecule has 0 atom stereocenters. The van der Waals surface area contributed by atoms with Crippen LogP contribution in [-0.2, 0) is 29.0 Å². The lowest BCUT2D eigenvalue weighted by molar-refractivity contribution is -0.143. The topological polar surface area (TPSA) is 61.9 Å². The van der Waals surface area contributed by atoms with Crippen molar-refractivity contribution in [2.45, 2.75) is 45.0 Å². The maximum absolute atomic E-state index is 14.0. The molecule has 1 N–H and O–H groups in total. The number of anilines is 1. The summed E-state index contributed by atoms with van der Waals surface area (Å²) >= 11 is 12.8. The van der Waals surface area contributed by atoms with Crippen molar-refractivity contribution in [3.8, 4) is 11.1 Å². The van der Waals surface area contributed by atoms with Gasteiger partial charge in [-0.2, -0.15) is 31.4 Å². The van der Waals surface area contributed by atoms with Crippen LogP contribution in [0.3, 0.4) is 0 Å². The van der Waals surface area contributed by atoms with Crippen molar-refractivity contribution in [1.82, 2.24) is 15.2 Å². The number of aromatic nitrogens is 3. The number of fused-ring (bicyclic) bond motifs is 1. The van der Waals surface area contributed by atoms with Crippen LogP contribution in [0.5, 0.6) is 0 Å². The number of carbonyl (C=O) groups excluding carboxylic acids is 1. The highest BCUT2D eigenvalue weighted by molar-refractivity contribution is 6.44. The second-order valence-electron chi connectivity index (χ2n) is 9.65. The number of hydrogen-bond acceptors (Lipinski definition) is 3. The van der Waals surface area contributed by atoms with Crippen LogP contribution in [0.25, 0.3) is 22.2 Å². The smallest absolute Gasteiger partial charge is 0.312 e. The molecule has 0 fully saturated rings. The van der Waals surface area contributed by atoms with Gasteiger partial charge >= 0.3 is 12.4 Å². The Balaban J connectivity index is 1.95. The molecule has 0 radical (unpaired) electrons. The molecule has 2 aromatic heterocycles. The van der Waals surface area contributed by atoms with Crippen molar-refractivity contribution in [2.24, 2.45) is 0 Å². The largest absolute Gasteiger partial charge is 0.416 e. The second kappa shape index (κ2) is 10.3. The lowest BCUT2D eigenvalue weighted by Crippen LogP contribution is -2.42. The van der Waals surface area contributed by atoms with E-state index >= 15 is 0 Å². The molecule has 212 valence electrons. The molecular formula is C27H22Cl2F6N4O. The monoisotopic (exact) mass is 602 g/mol. The Morgan fingerprint density at radius 2 is 1.55 bits per heavy atom. The van der Waals surface area contributed by atoms with Crippen LogP contribution in [0.2, 0.25) is 10.0 Å². The number of alkyl halides is 6. The molecular weight excluding hydrogens is 581 g/mol. The summed E-state index contributed by atoms with van der Waals surface area (Å²) in [6, 6.07) is 6.05. The molecule has 13 heteroatoms. The summed E-state index contributed by atoms with van der Waals surface area (Å²) in [5.74, 6) is -0.779. The van der Waals surface area contributed by atoms with Crippen LogP contribution in [-0.4, -0.2) is 28.1 Å². The van der Waals surface area contributed by atoms with Gasteiger partial charge in [-0.3, -0.25) is 9.89 Å². The Kier molecular flexibility index (Phi) is 7.61. The van der Waals surface area contributed by atoms with Gasteiger partial charge in [0.05, 0.1) is 44.2 Å². The Hall–Kier alpha value is -3.31. The second-order valence-corrected chi connectivity index (χ2v) is 10.4. The van der Waals surface area contributed by atoms with Gasteiger partial charge in [-0.1, -0.05) is 42.3 Å². The molecule has 0 aliphatic heterocycles. The average Bonchev–Trinajstić information content (AvgIpc) is 3.35. The number of benzene rings is 2. The highest BCUT2D eigenvalue weighted by Gasteiger charge is 2.41. The van der Waals surface area contributed by atoms with Gasteiger partial charge in [0, 0.05) is 23.6 Å². The van der Waals surface area contributed by atoms with Crippen LogP contribution >= 0.6 is 23.2 Å². The number of H-pyrrole nitrogens is 1. The van der Waals surface area contributed by atoms with Crippen molar-refractivity contribution in [2.75, 3.05) is 11.9 Å². The lowest BCUT2D eigenvalue weighted by Gasteiger charge is -2.33. The number of amides is 1. The van der Waals surface area contributed by atoms with Crippen molar-refractivity contribution in [1.29, 1.82) is 0 Å². The Bertz CT molecular complexity index is 1580. The summed E-state index contributed by atoms with van der Waals surface area (Å²) in [7, 11) is 1.38. The number of nitrogens with one attached hydrogen (secondary N) is 1. The first-order valence-corrected chi connectivity index (χ1v) is 12.6. The van der Waals surface area contributed by atoms with E-state index in [9.17, 15) is 31.1 Å². The van der Waals surface area contributed by atoms with Crippen LogP contribution in [0.1, 0.15) is 43.2 Å². The van der Waals surface area contributed by atoms with Gasteiger partial charge in [0.25, 0.3) is 0 Å². The van der Waals surface area contributed by atoms with E-state index in [1.165, 1.54) is 32.0 Å². The van der Waals surface area contributed by atoms with Gasteiger partial charge < -0.3 is 4.90 Å². The highest BCUT2D eigenvalue weighted by Crippen LogP contribution is 2.45. The fraction of sp³-hybridized carbons (Fsp3) is 0.296. The highest BCUT2D eigenvalue weighted by atomic mass is 35.5. The molecule has 0 aliphatic carbocycles. The first kappa shape index (κ1) is 29.7. The third-order valence-corrected chi connectivity index (χ3v) is 7.50. The number of aromatic amines is 1. The first-order chi connectivity index (χ1) is 18.5. The van der Waals surface area contributed by atoms with E-state index in [2.05, 4.69) is 15.2 Å². The average molecular weight is 603 g/mol. The van der Waals surface area contributed by atoms with Crippen LogP contribution < -0.4 is 4.90 Å². The van der Waals surface area contributed by atoms with Crippen LogP contribution in [0.4, 0.5) is 32.0 Å². The Labute approximate surface area is 235 Å². The van der Waals surface area contributed by atoms with E-state index in [-0.39, 0.29) is 21.8 Å². The number of aryl methyl sites for hydroxylation is 1. The molecule has 1 amide bonds. The SMILES string of the molecule is CCc1nc2[nH]ncc2c(-c2cccc(Cl)c2Cl)c1N(C)C(=O)C(C)(C)c1cc(C(F)(F)F)cc(C(F)(F)F)c1. The van der Waals surface area contributed by atoms with Gasteiger partial charge in [-0.05, 0) is 50.1 Å². The summed E-state index contributed by atoms with van der Waals surface area (Å²) < 4.78 is 81.4. The Morgan fingerprint density at radius 3 is 2.10 bits per heavy atom. The summed E-state index contributed by atoms with van der Waals surface area (Å²) in [5, 5.41) is 7.70. The molecule has 0 saturated carbocycles. The summed E-state index contributed by atoms with van der Waals surface area (Å²) in [6.07, 6.45) is -8.34. The van der Waals surface area contributed by atoms with E-state index in [1.807, 2.05) is 0 Å². The molecule has 40 heavy (non-hydrogen) atoms. The maximum Gasteiger partial charge on any atom is 0.416 e. The molecule has 0 unspecified atom stereocenters. The molecule has 0 aliphatic rings. The van der Waals surface area contributed by atoms with Crippen molar-refractivity contribution >= 4 is 45.8 Å². The van der Waals surface area contributed by atoms with E-state index in [4.69, 9.17) is 23.2 Å². The van der Waals surface area contributed by atoms with E-state index in [0.29, 0.717) is 46.4 Å². The van der Waals surface area contributed by atoms with Crippen molar-refractivity contribution in [3.63, 3.8) is 0 Å². The number of nitrogens with zero attached hydrogens (tertiary/aromatic N) is 3. The molecule has 4 aromatic rings. The zero-order valence-electron chi connectivity index (χ0n) is 21.5. The van der Waals surface area contributed by atoms with E-state index in [1.54, 1.807) is 25.1 Å². The van der Waals surface area contributed by atoms with Gasteiger partial charge in [0.2, 0.25) is 5.91 Å². The molecule has 4 rings (SSSR count). The van der Waals surface area contributed by atoms with E-state index in [0.717, 1.165) is 0 Å². The minimum Gasteiger partial charge on any atom is -0.312 e. The fourth-order valence-corrected chi connectivity index (χ4v) is 4.94. The zero-order valence-corrected chi connectivity index (χ0v) is 23.0. The first-order valence-electron chi connectivity index (χ1n) is 11.9. The summed E-state index contributed by atoms with van der Waals surface area (Å²) in [6.45, 7) is 4.31. The van der Waals surface area contributed by atoms with Crippen LogP contribution in [0, 0.1) is 0 Å². The van der Waals surface area contributed by atoms with E-state index < -0.39 is 40.4 Å². The third-order valence-electron chi connectivity index (χ3n) is 6.69. The molecule has 0 saturated heterocycles. The van der Waals surface area contributed by atoms with Gasteiger partial charge in [-0.15, -0.1) is 0 Å². The van der Waals surface area contributed by atoms with Crippen molar-refractivity contribution < 1.29 is 31.1 Å². The number of pyridine rings is 1. The summed E-state index contributed by atoms with van der Waals surface area (Å²) in [5.41, 5.74) is -3.38. The number of carbonyl (C=O) groups is 1. The van der Waals surface area contributed by atoms with Gasteiger partial charge in [-0.25, -0.2) is 4.98 Å². The standard InChI is InChI=1S/C27H22Cl2F6N4O/c1-5-19-22(20(17-12-36-38-23(17)37-19)16-7-6-8-18(28)21(16)29)39(4)24(40)25(2,3)13-9-14(26(30,31)32)11-15(10-13)27(33,34)35/h6-12H,5H2,1-4H3,(H,36,37,38). The number of likely N-dealkylation sites (N-methyl/N-ethyl adjacent to an activating group) is 1. The predicted molar refractivity (Wildman–Crippen MR) is 142 cm³/mol. The minimum atomic E-state index is -5.07. The number of rotatable bonds is 5. The van der Waals surface area contributed by atoms with Crippen LogP contribution in [0.15, 0.2) is 42.6 Å². The normalized spacial score (nSPS) is 12.7. The molecule has 5 nitrogen and oxygen atoms in total.